The van der Waals surface area contributed by atoms with Gasteiger partial charge in [0.15, 0.2) is 11.6 Å². The maximum atomic E-state index is 12.8. The number of nitrogens with one attached hydrogen (secondary N) is 1. The van der Waals surface area contributed by atoms with Gasteiger partial charge in [-0.2, -0.15) is 0 Å². The number of ether oxygens (including phenoxy) is 1. The van der Waals surface area contributed by atoms with Crippen molar-refractivity contribution in [3.05, 3.63) is 29.8 Å². The van der Waals surface area contributed by atoms with Crippen LogP contribution >= 0.6 is 0 Å². The minimum absolute atomic E-state index is 0.503. The van der Waals surface area contributed by atoms with E-state index in [9.17, 15) is 8.78 Å². The average Bonchev–Trinajstić information content (AvgIpc) is 2.22. The summed E-state index contributed by atoms with van der Waals surface area (Å²) < 4.78 is 30.8. The summed E-state index contributed by atoms with van der Waals surface area (Å²) in [6.45, 7) is 5.99. The van der Waals surface area contributed by atoms with Gasteiger partial charge in [0.1, 0.15) is 0 Å². The summed E-state index contributed by atoms with van der Waals surface area (Å²) in [6.07, 6.45) is 0. The van der Waals surface area contributed by atoms with Crippen molar-refractivity contribution in [1.82, 2.24) is 0 Å². The van der Waals surface area contributed by atoms with E-state index in [0.29, 0.717) is 31.4 Å². The molecule has 90 valence electrons. The molecule has 0 bridgehead atoms. The zero-order valence-corrected chi connectivity index (χ0v) is 9.59. The lowest BCUT2D eigenvalue weighted by Crippen LogP contribution is -2.12. The van der Waals surface area contributed by atoms with Crippen molar-refractivity contribution in [2.45, 2.75) is 13.8 Å². The molecule has 4 heteroatoms. The van der Waals surface area contributed by atoms with E-state index in [1.165, 1.54) is 6.07 Å². The van der Waals surface area contributed by atoms with Crippen molar-refractivity contribution < 1.29 is 13.5 Å². The van der Waals surface area contributed by atoms with Gasteiger partial charge in [-0.05, 0) is 18.1 Å². The van der Waals surface area contributed by atoms with Crippen molar-refractivity contribution in [2.75, 3.05) is 25.1 Å². The van der Waals surface area contributed by atoms with E-state index in [4.69, 9.17) is 4.74 Å². The molecule has 0 aliphatic heterocycles. The Bertz CT molecular complexity index is 329. The lowest BCUT2D eigenvalue weighted by atomic mass is 10.2. The molecule has 0 amide bonds. The molecular weight excluding hydrogens is 212 g/mol. The van der Waals surface area contributed by atoms with Crippen LogP contribution in [0.1, 0.15) is 13.8 Å². The van der Waals surface area contributed by atoms with Crippen LogP contribution in [0, 0.1) is 17.6 Å². The Morgan fingerprint density at radius 3 is 2.62 bits per heavy atom. The fourth-order valence-corrected chi connectivity index (χ4v) is 1.19. The van der Waals surface area contributed by atoms with Crippen molar-refractivity contribution in [1.29, 1.82) is 0 Å². The second-order valence-electron chi connectivity index (χ2n) is 4.02. The van der Waals surface area contributed by atoms with Gasteiger partial charge in [-0.15, -0.1) is 0 Å². The summed E-state index contributed by atoms with van der Waals surface area (Å²) in [5.41, 5.74) is 0.562. The lowest BCUT2D eigenvalue weighted by molar-refractivity contribution is 0.118. The second-order valence-corrected chi connectivity index (χ2v) is 4.02. The summed E-state index contributed by atoms with van der Waals surface area (Å²) in [6, 6.07) is 3.74. The largest absolute Gasteiger partial charge is 0.383 e. The Kier molecular flexibility index (Phi) is 5.19. The highest BCUT2D eigenvalue weighted by molar-refractivity contribution is 5.43. The predicted molar refractivity (Wildman–Crippen MR) is 60.5 cm³/mol. The van der Waals surface area contributed by atoms with E-state index < -0.39 is 11.6 Å². The van der Waals surface area contributed by atoms with Crippen molar-refractivity contribution in [3.63, 3.8) is 0 Å². The van der Waals surface area contributed by atoms with Gasteiger partial charge >= 0.3 is 0 Å². The van der Waals surface area contributed by atoms with Crippen LogP contribution in [0.4, 0.5) is 14.5 Å². The van der Waals surface area contributed by atoms with Gasteiger partial charge in [0.25, 0.3) is 0 Å². The molecule has 0 saturated carbocycles. The second kappa shape index (κ2) is 6.43. The Labute approximate surface area is 94.6 Å². The summed E-state index contributed by atoms with van der Waals surface area (Å²) in [5.74, 6) is -1.17. The van der Waals surface area contributed by atoms with E-state index in [1.807, 2.05) is 0 Å². The molecule has 2 nitrogen and oxygen atoms in total. The average molecular weight is 229 g/mol. The smallest absolute Gasteiger partial charge is 0.160 e. The number of rotatable bonds is 6. The molecule has 0 aliphatic carbocycles. The van der Waals surface area contributed by atoms with Gasteiger partial charge < -0.3 is 10.1 Å². The molecule has 0 radical (unpaired) electrons. The van der Waals surface area contributed by atoms with Crippen LogP contribution in [-0.4, -0.2) is 19.8 Å². The van der Waals surface area contributed by atoms with Gasteiger partial charge in [0.05, 0.1) is 6.61 Å². The van der Waals surface area contributed by atoms with Crippen LogP contribution < -0.4 is 5.32 Å². The van der Waals surface area contributed by atoms with Crippen LogP contribution in [0.5, 0.6) is 0 Å². The molecule has 0 saturated heterocycles. The number of benzene rings is 1. The molecule has 1 rings (SSSR count). The normalized spacial score (nSPS) is 10.8. The summed E-state index contributed by atoms with van der Waals surface area (Å²) in [7, 11) is 0. The first kappa shape index (κ1) is 12.9. The SMILES string of the molecule is CC(C)COCCNc1ccc(F)c(F)c1. The summed E-state index contributed by atoms with van der Waals surface area (Å²) >= 11 is 0. The van der Waals surface area contributed by atoms with Gasteiger partial charge in [-0.3, -0.25) is 0 Å². The van der Waals surface area contributed by atoms with E-state index >= 15 is 0 Å². The van der Waals surface area contributed by atoms with Gasteiger partial charge in [-0.25, -0.2) is 8.78 Å². The van der Waals surface area contributed by atoms with E-state index in [2.05, 4.69) is 19.2 Å². The Morgan fingerprint density at radius 1 is 1.25 bits per heavy atom. The minimum atomic E-state index is -0.840. The molecule has 1 aromatic rings. The molecule has 16 heavy (non-hydrogen) atoms. The Balaban J connectivity index is 2.24. The van der Waals surface area contributed by atoms with Gasteiger partial charge in [0.2, 0.25) is 0 Å². The standard InChI is InChI=1S/C12H17F2NO/c1-9(2)8-16-6-5-15-10-3-4-11(13)12(14)7-10/h3-4,7,9,15H,5-6,8H2,1-2H3. The third-order valence-electron chi connectivity index (χ3n) is 1.95. The zero-order valence-electron chi connectivity index (χ0n) is 9.59. The maximum absolute atomic E-state index is 12.8. The van der Waals surface area contributed by atoms with Crippen molar-refractivity contribution >= 4 is 5.69 Å². The number of anilines is 1. The third kappa shape index (κ3) is 4.57. The fraction of sp³-hybridized carbons (Fsp3) is 0.500. The molecule has 0 aliphatic rings. The predicted octanol–water partition coefficient (Wildman–Crippen LogP) is 3.05. The van der Waals surface area contributed by atoms with E-state index in [0.717, 1.165) is 12.1 Å². The zero-order chi connectivity index (χ0) is 12.0. The third-order valence-corrected chi connectivity index (χ3v) is 1.95. The Morgan fingerprint density at radius 2 is 2.00 bits per heavy atom. The number of hydrogen-bond acceptors (Lipinski definition) is 2. The summed E-state index contributed by atoms with van der Waals surface area (Å²) in [5, 5.41) is 2.95. The van der Waals surface area contributed by atoms with Gasteiger partial charge in [0, 0.05) is 24.9 Å². The Hall–Kier alpha value is -1.16. The van der Waals surface area contributed by atoms with E-state index in [1.54, 1.807) is 0 Å². The molecule has 0 unspecified atom stereocenters. The van der Waals surface area contributed by atoms with Gasteiger partial charge in [-0.1, -0.05) is 13.8 Å². The number of halogens is 2. The molecule has 1 aromatic carbocycles. The highest BCUT2D eigenvalue weighted by atomic mass is 19.2. The minimum Gasteiger partial charge on any atom is -0.383 e. The first-order valence-electron chi connectivity index (χ1n) is 5.36. The van der Waals surface area contributed by atoms with Crippen LogP contribution in [0.2, 0.25) is 0 Å². The molecule has 0 heterocycles. The van der Waals surface area contributed by atoms with E-state index in [-0.39, 0.29) is 0 Å². The molecule has 1 N–H and O–H groups in total. The first-order chi connectivity index (χ1) is 7.59. The maximum Gasteiger partial charge on any atom is 0.160 e. The summed E-state index contributed by atoms with van der Waals surface area (Å²) in [4.78, 5) is 0. The van der Waals surface area contributed by atoms with Crippen LogP contribution in [0.15, 0.2) is 18.2 Å². The van der Waals surface area contributed by atoms with Crippen LogP contribution in [0.3, 0.4) is 0 Å². The highest BCUT2D eigenvalue weighted by Gasteiger charge is 2.01. The molecule has 0 fully saturated rings. The molecule has 0 aromatic heterocycles. The molecule has 0 spiro atoms. The first-order valence-corrected chi connectivity index (χ1v) is 5.36. The lowest BCUT2D eigenvalue weighted by Gasteiger charge is -2.09. The molecule has 0 atom stereocenters. The monoisotopic (exact) mass is 229 g/mol. The fourth-order valence-electron chi connectivity index (χ4n) is 1.19. The van der Waals surface area contributed by atoms with Crippen molar-refractivity contribution in [3.8, 4) is 0 Å². The van der Waals surface area contributed by atoms with Crippen LogP contribution in [0.25, 0.3) is 0 Å². The van der Waals surface area contributed by atoms with Crippen molar-refractivity contribution in [2.24, 2.45) is 5.92 Å². The highest BCUT2D eigenvalue weighted by Crippen LogP contribution is 2.12. The van der Waals surface area contributed by atoms with Crippen LogP contribution in [-0.2, 0) is 4.74 Å². The quantitative estimate of drug-likeness (QED) is 0.757. The number of hydrogen-bond donors (Lipinski definition) is 1. The topological polar surface area (TPSA) is 21.3 Å². The molecular formula is C12H17F2NO.